The molecule has 6 nitrogen and oxygen atoms in total. The van der Waals surface area contributed by atoms with Crippen LogP contribution in [0.5, 0.6) is 11.5 Å². The van der Waals surface area contributed by atoms with E-state index in [1.54, 1.807) is 14.2 Å². The molecule has 2 N–H and O–H groups in total. The molecule has 1 saturated heterocycles. The summed E-state index contributed by atoms with van der Waals surface area (Å²) in [5.41, 5.74) is 2.93. The number of thioether (sulfide) groups is 1. The molecular formula is C22H31N3O3S. The summed E-state index contributed by atoms with van der Waals surface area (Å²) in [6.07, 6.45) is 5.39. The van der Waals surface area contributed by atoms with Crippen molar-refractivity contribution >= 4 is 17.5 Å². The fourth-order valence-electron chi connectivity index (χ4n) is 3.99. The summed E-state index contributed by atoms with van der Waals surface area (Å²) < 4.78 is 10.9. The first-order chi connectivity index (χ1) is 14.2. The summed E-state index contributed by atoms with van der Waals surface area (Å²) in [4.78, 5) is 2.95. The van der Waals surface area contributed by atoms with Crippen LogP contribution < -0.4 is 14.8 Å². The molecule has 0 aromatic heterocycles. The largest absolute Gasteiger partial charge is 0.493 e. The lowest BCUT2D eigenvalue weighted by molar-refractivity contribution is 0.132. The number of nitrogens with zero attached hydrogens (tertiary/aromatic N) is 2. The minimum Gasteiger partial charge on any atom is -0.493 e. The Bertz CT molecular complexity index is 767. The normalized spacial score (nSPS) is 19.9. The Labute approximate surface area is 177 Å². The van der Waals surface area contributed by atoms with Crippen molar-refractivity contribution in [1.82, 2.24) is 10.2 Å². The van der Waals surface area contributed by atoms with Gasteiger partial charge in [0, 0.05) is 24.4 Å². The molecule has 0 radical (unpaired) electrons. The molecule has 158 valence electrons. The van der Waals surface area contributed by atoms with E-state index in [1.807, 2.05) is 12.1 Å². The number of likely N-dealkylation sites (tertiary alicyclic amines) is 1. The number of hydrogen-bond acceptors (Lipinski definition) is 7. The number of aliphatic hydroxyl groups is 1. The SMILES string of the molecule is COc1cc2c(cc1OC)C(=C(C#N)SCC(O)CN1CCCCCC1)NCC2. The molecular weight excluding hydrogens is 386 g/mol. The number of hydrogen-bond donors (Lipinski definition) is 2. The summed E-state index contributed by atoms with van der Waals surface area (Å²) in [6.45, 7) is 3.56. The molecule has 2 aliphatic rings. The van der Waals surface area contributed by atoms with Crippen molar-refractivity contribution in [3.05, 3.63) is 28.2 Å². The van der Waals surface area contributed by atoms with Crippen LogP contribution in [0.1, 0.15) is 36.8 Å². The Kier molecular flexibility index (Phi) is 8.10. The third-order valence-corrected chi connectivity index (χ3v) is 6.63. The van der Waals surface area contributed by atoms with E-state index in [1.165, 1.54) is 37.4 Å². The highest BCUT2D eigenvalue weighted by atomic mass is 32.2. The summed E-state index contributed by atoms with van der Waals surface area (Å²) in [5, 5.41) is 23.7. The van der Waals surface area contributed by atoms with Gasteiger partial charge in [0.15, 0.2) is 11.5 Å². The van der Waals surface area contributed by atoms with Crippen LogP contribution >= 0.6 is 11.8 Å². The second-order valence-corrected chi connectivity index (χ2v) is 8.57. The van der Waals surface area contributed by atoms with E-state index < -0.39 is 6.10 Å². The smallest absolute Gasteiger partial charge is 0.161 e. The zero-order valence-electron chi connectivity index (χ0n) is 17.4. The molecule has 1 unspecified atom stereocenters. The van der Waals surface area contributed by atoms with Crippen LogP contribution in [0.3, 0.4) is 0 Å². The lowest BCUT2D eigenvalue weighted by atomic mass is 9.97. The number of nitrogens with one attached hydrogen (secondary N) is 1. The van der Waals surface area contributed by atoms with E-state index in [-0.39, 0.29) is 0 Å². The van der Waals surface area contributed by atoms with E-state index in [0.29, 0.717) is 28.7 Å². The number of aliphatic hydroxyl groups excluding tert-OH is 1. The molecule has 0 amide bonds. The number of rotatable bonds is 7. The first-order valence-electron chi connectivity index (χ1n) is 10.3. The summed E-state index contributed by atoms with van der Waals surface area (Å²) in [7, 11) is 3.24. The molecule has 3 rings (SSSR count). The molecule has 29 heavy (non-hydrogen) atoms. The third kappa shape index (κ3) is 5.59. The second kappa shape index (κ2) is 10.8. The molecule has 0 bridgehead atoms. The first-order valence-corrected chi connectivity index (χ1v) is 11.3. The van der Waals surface area contributed by atoms with Gasteiger partial charge in [-0.15, -0.1) is 11.8 Å². The monoisotopic (exact) mass is 417 g/mol. The lowest BCUT2D eigenvalue weighted by Crippen LogP contribution is -2.34. The van der Waals surface area contributed by atoms with Gasteiger partial charge >= 0.3 is 0 Å². The number of ether oxygens (including phenoxy) is 2. The van der Waals surface area contributed by atoms with E-state index in [0.717, 1.165) is 42.9 Å². The van der Waals surface area contributed by atoms with Crippen LogP contribution in [0.15, 0.2) is 17.0 Å². The second-order valence-electron chi connectivity index (χ2n) is 7.54. The fourth-order valence-corrected chi connectivity index (χ4v) is 4.85. The Morgan fingerprint density at radius 2 is 1.90 bits per heavy atom. The minimum absolute atomic E-state index is 0.449. The molecule has 0 saturated carbocycles. The Hall–Kier alpha value is -1.88. The van der Waals surface area contributed by atoms with Gasteiger partial charge in [0.05, 0.1) is 26.0 Å². The molecule has 0 aliphatic carbocycles. The van der Waals surface area contributed by atoms with Crippen molar-refractivity contribution in [3.8, 4) is 17.6 Å². The number of benzene rings is 1. The number of nitriles is 1. The van der Waals surface area contributed by atoms with Gasteiger partial charge in [-0.3, -0.25) is 0 Å². The van der Waals surface area contributed by atoms with Crippen molar-refractivity contribution in [2.24, 2.45) is 0 Å². The van der Waals surface area contributed by atoms with Crippen LogP contribution in [0.4, 0.5) is 0 Å². The maximum atomic E-state index is 10.5. The average molecular weight is 418 g/mol. The van der Waals surface area contributed by atoms with Crippen molar-refractivity contribution < 1.29 is 14.6 Å². The Morgan fingerprint density at radius 3 is 2.55 bits per heavy atom. The van der Waals surface area contributed by atoms with Crippen molar-refractivity contribution in [1.29, 1.82) is 5.26 Å². The highest BCUT2D eigenvalue weighted by molar-refractivity contribution is 8.03. The summed E-state index contributed by atoms with van der Waals surface area (Å²) >= 11 is 1.42. The third-order valence-electron chi connectivity index (χ3n) is 5.49. The highest BCUT2D eigenvalue weighted by Gasteiger charge is 2.22. The zero-order chi connectivity index (χ0) is 20.6. The van der Waals surface area contributed by atoms with Crippen molar-refractivity contribution in [3.63, 3.8) is 0 Å². The number of β-amino-alcohol motifs (C(OH)–C–C–N with tert-alkyl or cyclic N) is 1. The van der Waals surface area contributed by atoms with Crippen molar-refractivity contribution in [2.75, 3.05) is 46.2 Å². The van der Waals surface area contributed by atoms with E-state index in [9.17, 15) is 10.4 Å². The number of methoxy groups -OCH3 is 2. The lowest BCUT2D eigenvalue weighted by Gasteiger charge is -2.25. The van der Waals surface area contributed by atoms with Crippen LogP contribution in [0.2, 0.25) is 0 Å². The molecule has 7 heteroatoms. The summed E-state index contributed by atoms with van der Waals surface area (Å²) in [6, 6.07) is 6.25. The zero-order valence-corrected chi connectivity index (χ0v) is 18.2. The van der Waals surface area contributed by atoms with Gasteiger partial charge in [-0.2, -0.15) is 5.26 Å². The average Bonchev–Trinajstić information content (AvgIpc) is 3.01. The molecule has 1 atom stereocenters. The number of fused-ring (bicyclic) bond motifs is 1. The van der Waals surface area contributed by atoms with Gasteiger partial charge in [-0.25, -0.2) is 0 Å². The fraction of sp³-hybridized carbons (Fsp3) is 0.591. The van der Waals surface area contributed by atoms with Gasteiger partial charge < -0.3 is 24.8 Å². The predicted molar refractivity (Wildman–Crippen MR) is 117 cm³/mol. The van der Waals surface area contributed by atoms with E-state index in [2.05, 4.69) is 16.3 Å². The maximum Gasteiger partial charge on any atom is 0.161 e. The number of allylic oxidation sites excluding steroid dienone is 1. The Balaban J connectivity index is 1.73. The van der Waals surface area contributed by atoms with Gasteiger partial charge in [0.2, 0.25) is 0 Å². The van der Waals surface area contributed by atoms with Crippen LogP contribution in [0, 0.1) is 11.3 Å². The minimum atomic E-state index is -0.449. The molecule has 1 aromatic rings. The summed E-state index contributed by atoms with van der Waals surface area (Å²) in [5.74, 6) is 1.86. The first kappa shape index (κ1) is 21.8. The van der Waals surface area contributed by atoms with E-state index >= 15 is 0 Å². The molecule has 2 aliphatic heterocycles. The van der Waals surface area contributed by atoms with Crippen LogP contribution in [-0.2, 0) is 6.42 Å². The van der Waals surface area contributed by atoms with Crippen LogP contribution in [-0.4, -0.2) is 62.3 Å². The highest BCUT2D eigenvalue weighted by Crippen LogP contribution is 2.37. The van der Waals surface area contributed by atoms with Crippen LogP contribution in [0.25, 0.3) is 5.70 Å². The quantitative estimate of drug-likeness (QED) is 0.660. The van der Waals surface area contributed by atoms with E-state index in [4.69, 9.17) is 9.47 Å². The predicted octanol–water partition coefficient (Wildman–Crippen LogP) is 3.01. The van der Waals surface area contributed by atoms with Gasteiger partial charge in [0.25, 0.3) is 0 Å². The molecule has 1 fully saturated rings. The standard InChI is InChI=1S/C22H31N3O3S/c1-27-19-11-16-7-8-24-22(18(16)12-20(19)28-2)21(13-23)29-15-17(26)14-25-9-5-3-4-6-10-25/h11-12,17,24,26H,3-10,14-15H2,1-2H3. The van der Waals surface area contributed by atoms with Gasteiger partial charge in [-0.1, -0.05) is 12.8 Å². The van der Waals surface area contributed by atoms with Gasteiger partial charge in [-0.05, 0) is 50.0 Å². The molecule has 2 heterocycles. The molecule has 0 spiro atoms. The molecule has 1 aromatic carbocycles. The Morgan fingerprint density at radius 1 is 1.21 bits per heavy atom. The van der Waals surface area contributed by atoms with Gasteiger partial charge in [0.1, 0.15) is 11.0 Å². The maximum absolute atomic E-state index is 10.5. The topological polar surface area (TPSA) is 77.8 Å². The van der Waals surface area contributed by atoms with Crippen molar-refractivity contribution in [2.45, 2.75) is 38.2 Å².